The normalized spacial score (nSPS) is 11.8. The van der Waals surface area contributed by atoms with Crippen molar-refractivity contribution in [3.8, 4) is 33.4 Å². The standard InChI is InChI=1S/C60H37NO2/c1-4-16-45-38(13-1)31-36-53-58-51(22-12-26-57(58)63-60(45)53)49-19-7-9-24-55(49)61(42-32-27-39(28-33-42)46-21-11-23-52-50-20-8-10-25-56(50)62-59(46)52)43-34-29-40(30-35-43)54-37-41-14-2-3-15-44(41)47-17-5-6-18-48(47)54/h1-37H. The van der Waals surface area contributed by atoms with Crippen LogP contribution in [0.15, 0.2) is 233 Å². The van der Waals surface area contributed by atoms with Crippen LogP contribution < -0.4 is 4.90 Å². The molecule has 0 aliphatic heterocycles. The molecule has 0 atom stereocenters. The molecule has 0 fully saturated rings. The van der Waals surface area contributed by atoms with E-state index in [0.717, 1.165) is 94.0 Å². The second-order valence-corrected chi connectivity index (χ2v) is 16.4. The maximum absolute atomic E-state index is 6.69. The van der Waals surface area contributed by atoms with Crippen LogP contribution in [0.5, 0.6) is 0 Å². The summed E-state index contributed by atoms with van der Waals surface area (Å²) in [5.74, 6) is 0. The van der Waals surface area contributed by atoms with Crippen LogP contribution in [0.1, 0.15) is 0 Å². The number of nitrogens with zero attached hydrogens (tertiary/aromatic N) is 1. The highest BCUT2D eigenvalue weighted by Crippen LogP contribution is 2.47. The topological polar surface area (TPSA) is 29.5 Å². The zero-order chi connectivity index (χ0) is 41.4. The van der Waals surface area contributed by atoms with Gasteiger partial charge in [-0.25, -0.2) is 0 Å². The van der Waals surface area contributed by atoms with E-state index in [9.17, 15) is 0 Å². The lowest BCUT2D eigenvalue weighted by atomic mass is 9.93. The quantitative estimate of drug-likeness (QED) is 0.157. The van der Waals surface area contributed by atoms with Crippen molar-refractivity contribution in [2.45, 2.75) is 0 Å². The van der Waals surface area contributed by atoms with Crippen LogP contribution in [0.25, 0.3) is 110 Å². The van der Waals surface area contributed by atoms with Gasteiger partial charge in [0.15, 0.2) is 0 Å². The van der Waals surface area contributed by atoms with Gasteiger partial charge in [-0.2, -0.15) is 0 Å². The van der Waals surface area contributed by atoms with E-state index in [2.05, 4.69) is 217 Å². The van der Waals surface area contributed by atoms with Crippen LogP contribution >= 0.6 is 0 Å². The average Bonchev–Trinajstić information content (AvgIpc) is 3.94. The Morgan fingerprint density at radius 1 is 0.286 bits per heavy atom. The van der Waals surface area contributed by atoms with E-state index in [0.29, 0.717) is 0 Å². The van der Waals surface area contributed by atoms with Gasteiger partial charge in [0, 0.05) is 49.4 Å². The molecule has 11 aromatic carbocycles. The van der Waals surface area contributed by atoms with Gasteiger partial charge in [0.05, 0.1) is 5.69 Å². The predicted molar refractivity (Wildman–Crippen MR) is 265 cm³/mol. The van der Waals surface area contributed by atoms with E-state index >= 15 is 0 Å². The van der Waals surface area contributed by atoms with Crippen molar-refractivity contribution < 1.29 is 8.83 Å². The lowest BCUT2D eigenvalue weighted by Gasteiger charge is -2.28. The fraction of sp³-hybridized carbons (Fsp3) is 0. The monoisotopic (exact) mass is 803 g/mol. The highest BCUT2D eigenvalue weighted by atomic mass is 16.3. The van der Waals surface area contributed by atoms with Gasteiger partial charge in [-0.3, -0.25) is 0 Å². The zero-order valence-electron chi connectivity index (χ0n) is 34.1. The van der Waals surface area contributed by atoms with E-state index in [4.69, 9.17) is 8.83 Å². The van der Waals surface area contributed by atoms with Gasteiger partial charge in [0.1, 0.15) is 22.3 Å². The van der Waals surface area contributed by atoms with Crippen molar-refractivity contribution in [2.75, 3.05) is 4.90 Å². The maximum atomic E-state index is 6.69. The maximum Gasteiger partial charge on any atom is 0.143 e. The molecule has 0 bridgehead atoms. The minimum Gasteiger partial charge on any atom is -0.455 e. The van der Waals surface area contributed by atoms with Crippen LogP contribution in [0.3, 0.4) is 0 Å². The Bertz CT molecular complexity index is 3910. The Kier molecular flexibility index (Phi) is 7.91. The van der Waals surface area contributed by atoms with Crippen molar-refractivity contribution in [1.29, 1.82) is 0 Å². The van der Waals surface area contributed by atoms with Crippen molar-refractivity contribution >= 4 is 93.3 Å². The summed E-state index contributed by atoms with van der Waals surface area (Å²) in [5, 5.41) is 11.8. The largest absolute Gasteiger partial charge is 0.455 e. The van der Waals surface area contributed by atoms with Gasteiger partial charge < -0.3 is 13.7 Å². The summed E-state index contributed by atoms with van der Waals surface area (Å²) in [5.41, 5.74) is 13.5. The summed E-state index contributed by atoms with van der Waals surface area (Å²) in [6, 6.07) is 80.5. The number of hydrogen-bond acceptors (Lipinski definition) is 3. The minimum atomic E-state index is 0.872. The SMILES string of the molecule is c1ccc(N(c2ccc(-c3cc4ccccc4c4ccccc34)cc2)c2ccc(-c3cccc4c3oc3ccccc34)cc2)c(-c2cccc3oc4c5ccccc5ccc4c23)c1. The van der Waals surface area contributed by atoms with E-state index in [1.54, 1.807) is 0 Å². The highest BCUT2D eigenvalue weighted by Gasteiger charge is 2.22. The molecule has 0 saturated carbocycles. The van der Waals surface area contributed by atoms with Crippen LogP contribution in [0.2, 0.25) is 0 Å². The average molecular weight is 804 g/mol. The molecule has 2 aromatic heterocycles. The molecule has 0 saturated heterocycles. The smallest absolute Gasteiger partial charge is 0.143 e. The number of para-hydroxylation sites is 3. The van der Waals surface area contributed by atoms with Crippen molar-refractivity contribution in [2.24, 2.45) is 0 Å². The number of benzene rings is 11. The van der Waals surface area contributed by atoms with Crippen LogP contribution in [0.4, 0.5) is 17.1 Å². The summed E-state index contributed by atoms with van der Waals surface area (Å²) < 4.78 is 13.2. The Labute approximate surface area is 363 Å². The number of furan rings is 2. The first-order valence-corrected chi connectivity index (χ1v) is 21.5. The molecule has 3 nitrogen and oxygen atoms in total. The van der Waals surface area contributed by atoms with Crippen molar-refractivity contribution in [3.05, 3.63) is 224 Å². The van der Waals surface area contributed by atoms with Crippen molar-refractivity contribution in [1.82, 2.24) is 0 Å². The van der Waals surface area contributed by atoms with E-state index in [1.165, 1.54) is 32.7 Å². The molecule has 294 valence electrons. The fourth-order valence-electron chi connectivity index (χ4n) is 9.95. The first-order chi connectivity index (χ1) is 31.2. The predicted octanol–water partition coefficient (Wildman–Crippen LogP) is 17.4. The molecule has 63 heavy (non-hydrogen) atoms. The summed E-state index contributed by atoms with van der Waals surface area (Å²) >= 11 is 0. The Morgan fingerprint density at radius 2 is 0.841 bits per heavy atom. The lowest BCUT2D eigenvalue weighted by molar-refractivity contribution is 0.670. The van der Waals surface area contributed by atoms with Gasteiger partial charge in [-0.05, 0) is 104 Å². The molecular formula is C60H37NO2. The Morgan fingerprint density at radius 3 is 1.65 bits per heavy atom. The third-order valence-electron chi connectivity index (χ3n) is 12.9. The van der Waals surface area contributed by atoms with E-state index in [1.807, 2.05) is 12.1 Å². The first-order valence-electron chi connectivity index (χ1n) is 21.5. The zero-order valence-corrected chi connectivity index (χ0v) is 34.1. The van der Waals surface area contributed by atoms with Crippen LogP contribution in [0, 0.1) is 0 Å². The first kappa shape index (κ1) is 35.4. The van der Waals surface area contributed by atoms with Crippen molar-refractivity contribution in [3.63, 3.8) is 0 Å². The molecule has 0 spiro atoms. The lowest BCUT2D eigenvalue weighted by Crippen LogP contribution is -2.11. The van der Waals surface area contributed by atoms with Gasteiger partial charge in [0.2, 0.25) is 0 Å². The third-order valence-corrected chi connectivity index (χ3v) is 12.9. The van der Waals surface area contributed by atoms with Gasteiger partial charge in [-0.1, -0.05) is 170 Å². The van der Waals surface area contributed by atoms with Gasteiger partial charge in [0.25, 0.3) is 0 Å². The second kappa shape index (κ2) is 14.1. The third kappa shape index (κ3) is 5.60. The summed E-state index contributed by atoms with van der Waals surface area (Å²) in [4.78, 5) is 2.39. The molecule has 0 unspecified atom stereocenters. The molecule has 0 amide bonds. The summed E-state index contributed by atoms with van der Waals surface area (Å²) in [7, 11) is 0. The Balaban J connectivity index is 0.993. The van der Waals surface area contributed by atoms with E-state index in [-0.39, 0.29) is 0 Å². The van der Waals surface area contributed by atoms with Crippen LogP contribution in [-0.2, 0) is 0 Å². The molecule has 0 aliphatic carbocycles. The number of rotatable bonds is 6. The molecule has 13 aromatic rings. The number of anilines is 3. The summed E-state index contributed by atoms with van der Waals surface area (Å²) in [6.07, 6.45) is 0. The second-order valence-electron chi connectivity index (χ2n) is 16.4. The number of fused-ring (bicyclic) bond motifs is 11. The van der Waals surface area contributed by atoms with Gasteiger partial charge in [-0.15, -0.1) is 0 Å². The fourth-order valence-corrected chi connectivity index (χ4v) is 9.95. The minimum absolute atomic E-state index is 0.872. The molecule has 0 aliphatic rings. The van der Waals surface area contributed by atoms with Gasteiger partial charge >= 0.3 is 0 Å². The number of hydrogen-bond donors (Lipinski definition) is 0. The Hall–Kier alpha value is -8.40. The summed E-state index contributed by atoms with van der Waals surface area (Å²) in [6.45, 7) is 0. The molecule has 2 heterocycles. The molecule has 13 rings (SSSR count). The molecule has 0 N–H and O–H groups in total. The molecule has 3 heteroatoms. The van der Waals surface area contributed by atoms with E-state index < -0.39 is 0 Å². The van der Waals surface area contributed by atoms with Crippen LogP contribution in [-0.4, -0.2) is 0 Å². The highest BCUT2D eigenvalue weighted by molar-refractivity contribution is 6.20. The molecular weight excluding hydrogens is 767 g/mol. The molecule has 0 radical (unpaired) electrons.